The van der Waals surface area contributed by atoms with Gasteiger partial charge < -0.3 is 19.3 Å². The van der Waals surface area contributed by atoms with Crippen molar-refractivity contribution in [3.05, 3.63) is 53.8 Å². The number of hydrogen-bond acceptors (Lipinski definition) is 4. The Morgan fingerprint density at radius 3 is 2.31 bits per heavy atom. The van der Waals surface area contributed by atoms with Crippen LogP contribution in [-0.4, -0.2) is 50.2 Å². The van der Waals surface area contributed by atoms with E-state index in [4.69, 9.17) is 9.47 Å². The number of piperazine rings is 1. The van der Waals surface area contributed by atoms with Crippen LogP contribution < -0.4 is 14.4 Å². The van der Waals surface area contributed by atoms with Crippen molar-refractivity contribution in [2.75, 3.05) is 38.2 Å². The van der Waals surface area contributed by atoms with E-state index >= 15 is 0 Å². The molecule has 29 heavy (non-hydrogen) atoms. The molecule has 1 aliphatic heterocycles. The van der Waals surface area contributed by atoms with Crippen molar-refractivity contribution in [1.82, 2.24) is 4.90 Å². The molecular weight excluding hydrogens is 371 g/mol. The molecule has 6 heteroatoms. The van der Waals surface area contributed by atoms with Gasteiger partial charge in [-0.3, -0.25) is 4.79 Å². The molecule has 0 unspecified atom stereocenters. The summed E-state index contributed by atoms with van der Waals surface area (Å²) in [7, 11) is 1.60. The Morgan fingerprint density at radius 1 is 0.966 bits per heavy atom. The first-order valence-corrected chi connectivity index (χ1v) is 10.3. The zero-order valence-corrected chi connectivity index (χ0v) is 16.8. The van der Waals surface area contributed by atoms with E-state index in [0.29, 0.717) is 30.2 Å². The maximum absolute atomic E-state index is 13.1. The largest absolute Gasteiger partial charge is 0.493 e. The first kappa shape index (κ1) is 19.6. The molecule has 0 atom stereocenters. The highest BCUT2D eigenvalue weighted by atomic mass is 19.1. The van der Waals surface area contributed by atoms with E-state index in [0.717, 1.165) is 31.6 Å². The summed E-state index contributed by atoms with van der Waals surface area (Å²) in [6, 6.07) is 11.9. The lowest BCUT2D eigenvalue weighted by Gasteiger charge is -2.36. The molecule has 1 heterocycles. The Hall–Kier alpha value is -2.76. The molecule has 154 valence electrons. The summed E-state index contributed by atoms with van der Waals surface area (Å²) in [5.74, 6) is 1.07. The minimum absolute atomic E-state index is 0.00512. The second-order valence-electron chi connectivity index (χ2n) is 7.65. The smallest absolute Gasteiger partial charge is 0.254 e. The van der Waals surface area contributed by atoms with E-state index in [1.54, 1.807) is 25.3 Å². The zero-order chi connectivity index (χ0) is 20.2. The normalized spacial score (nSPS) is 17.4. The Bertz CT molecular complexity index is 842. The topological polar surface area (TPSA) is 42.0 Å². The number of hydrogen-bond donors (Lipinski definition) is 0. The minimum atomic E-state index is -0.239. The molecule has 2 aliphatic rings. The predicted molar refractivity (Wildman–Crippen MR) is 110 cm³/mol. The lowest BCUT2D eigenvalue weighted by molar-refractivity contribution is 0.0746. The molecule has 1 saturated heterocycles. The van der Waals surface area contributed by atoms with Crippen LogP contribution in [0.15, 0.2) is 42.5 Å². The van der Waals surface area contributed by atoms with Gasteiger partial charge in [-0.05, 0) is 68.1 Å². The van der Waals surface area contributed by atoms with E-state index in [1.165, 1.54) is 25.0 Å². The monoisotopic (exact) mass is 398 g/mol. The van der Waals surface area contributed by atoms with Crippen LogP contribution >= 0.6 is 0 Å². The van der Waals surface area contributed by atoms with Gasteiger partial charge >= 0.3 is 0 Å². The first-order chi connectivity index (χ1) is 14.1. The molecule has 0 N–H and O–H groups in total. The van der Waals surface area contributed by atoms with E-state index < -0.39 is 0 Å². The van der Waals surface area contributed by atoms with Gasteiger partial charge in [0.05, 0.1) is 13.2 Å². The summed E-state index contributed by atoms with van der Waals surface area (Å²) in [6.07, 6.45) is 4.79. The lowest BCUT2D eigenvalue weighted by atomic mass is 10.1. The molecule has 1 amide bonds. The minimum Gasteiger partial charge on any atom is -0.493 e. The number of methoxy groups -OCH3 is 1. The third kappa shape index (κ3) is 4.47. The van der Waals surface area contributed by atoms with Gasteiger partial charge in [0.15, 0.2) is 11.5 Å². The number of nitrogens with zero attached hydrogens (tertiary/aromatic N) is 2. The zero-order valence-electron chi connectivity index (χ0n) is 16.8. The van der Waals surface area contributed by atoms with Gasteiger partial charge in [-0.15, -0.1) is 0 Å². The van der Waals surface area contributed by atoms with Crippen molar-refractivity contribution in [2.24, 2.45) is 0 Å². The highest BCUT2D eigenvalue weighted by molar-refractivity contribution is 5.95. The molecule has 1 aliphatic carbocycles. The lowest BCUT2D eigenvalue weighted by Crippen LogP contribution is -2.48. The van der Waals surface area contributed by atoms with E-state index in [2.05, 4.69) is 4.90 Å². The van der Waals surface area contributed by atoms with Gasteiger partial charge in [0.1, 0.15) is 5.82 Å². The molecule has 0 bridgehead atoms. The average Bonchev–Trinajstić information content (AvgIpc) is 3.27. The molecular formula is C23H27FN2O3. The van der Waals surface area contributed by atoms with Crippen LogP contribution in [0, 0.1) is 5.82 Å². The van der Waals surface area contributed by atoms with Crippen LogP contribution in [0.3, 0.4) is 0 Å². The van der Waals surface area contributed by atoms with Crippen LogP contribution in [0.5, 0.6) is 11.5 Å². The molecule has 4 rings (SSSR count). The Balaban J connectivity index is 1.39. The molecule has 1 saturated carbocycles. The van der Waals surface area contributed by atoms with E-state index in [-0.39, 0.29) is 17.8 Å². The first-order valence-electron chi connectivity index (χ1n) is 10.3. The Morgan fingerprint density at radius 2 is 1.66 bits per heavy atom. The predicted octanol–water partition coefficient (Wildman–Crippen LogP) is 4.12. The number of carbonyl (C=O) groups is 1. The van der Waals surface area contributed by atoms with E-state index in [1.807, 2.05) is 17.0 Å². The summed E-state index contributed by atoms with van der Waals surface area (Å²) < 4.78 is 24.7. The fourth-order valence-electron chi connectivity index (χ4n) is 4.09. The number of rotatable bonds is 5. The molecule has 2 aromatic rings. The summed E-state index contributed by atoms with van der Waals surface area (Å²) in [5.41, 5.74) is 1.59. The van der Waals surface area contributed by atoms with Gasteiger partial charge in [0.2, 0.25) is 0 Å². The van der Waals surface area contributed by atoms with Crippen molar-refractivity contribution in [3.8, 4) is 11.5 Å². The number of halogens is 1. The maximum Gasteiger partial charge on any atom is 0.254 e. The Labute approximate surface area is 171 Å². The van der Waals surface area contributed by atoms with Gasteiger partial charge in [0.25, 0.3) is 5.91 Å². The molecule has 5 nitrogen and oxygen atoms in total. The number of carbonyl (C=O) groups excluding carboxylic acids is 1. The second kappa shape index (κ2) is 8.72. The summed E-state index contributed by atoms with van der Waals surface area (Å²) in [5, 5.41) is 0. The maximum atomic E-state index is 13.1. The van der Waals surface area contributed by atoms with Crippen LogP contribution in [0.4, 0.5) is 10.1 Å². The number of anilines is 1. The fourth-order valence-corrected chi connectivity index (χ4v) is 4.09. The van der Waals surface area contributed by atoms with E-state index in [9.17, 15) is 9.18 Å². The molecule has 0 radical (unpaired) electrons. The molecule has 2 aromatic carbocycles. The van der Waals surface area contributed by atoms with Crippen molar-refractivity contribution in [2.45, 2.75) is 31.8 Å². The summed E-state index contributed by atoms with van der Waals surface area (Å²) in [6.45, 7) is 2.69. The van der Waals surface area contributed by atoms with Gasteiger partial charge in [-0.2, -0.15) is 0 Å². The Kier molecular flexibility index (Phi) is 5.88. The third-order valence-electron chi connectivity index (χ3n) is 5.77. The summed E-state index contributed by atoms with van der Waals surface area (Å²) >= 11 is 0. The highest BCUT2D eigenvalue weighted by Gasteiger charge is 2.24. The van der Waals surface area contributed by atoms with Crippen LogP contribution in [0.2, 0.25) is 0 Å². The van der Waals surface area contributed by atoms with Crippen LogP contribution in [-0.2, 0) is 0 Å². The van der Waals surface area contributed by atoms with Crippen LogP contribution in [0.1, 0.15) is 36.0 Å². The highest BCUT2D eigenvalue weighted by Crippen LogP contribution is 2.32. The quantitative estimate of drug-likeness (QED) is 0.760. The van der Waals surface area contributed by atoms with Gasteiger partial charge in [-0.1, -0.05) is 0 Å². The number of ether oxygens (including phenoxy) is 2. The van der Waals surface area contributed by atoms with Crippen molar-refractivity contribution < 1.29 is 18.7 Å². The SMILES string of the molecule is COc1cc(C(=O)N2CCN(c3ccc(F)cc3)CC2)ccc1OC1CCCC1. The average molecular weight is 398 g/mol. The van der Waals surface area contributed by atoms with Crippen molar-refractivity contribution in [3.63, 3.8) is 0 Å². The number of amides is 1. The van der Waals surface area contributed by atoms with Crippen molar-refractivity contribution in [1.29, 1.82) is 0 Å². The fraction of sp³-hybridized carbons (Fsp3) is 0.435. The molecule has 2 fully saturated rings. The summed E-state index contributed by atoms with van der Waals surface area (Å²) in [4.78, 5) is 17.0. The van der Waals surface area contributed by atoms with Crippen molar-refractivity contribution >= 4 is 11.6 Å². The molecule has 0 spiro atoms. The van der Waals surface area contributed by atoms with Gasteiger partial charge in [0, 0.05) is 37.4 Å². The van der Waals surface area contributed by atoms with Gasteiger partial charge in [-0.25, -0.2) is 4.39 Å². The standard InChI is InChI=1S/C23H27FN2O3/c1-28-22-16-17(6-11-21(22)29-20-4-2-3-5-20)23(27)26-14-12-25(13-15-26)19-9-7-18(24)8-10-19/h6-11,16,20H,2-5,12-15H2,1H3. The molecule has 0 aromatic heterocycles. The third-order valence-corrected chi connectivity index (χ3v) is 5.77. The number of benzene rings is 2. The van der Waals surface area contributed by atoms with Crippen LogP contribution in [0.25, 0.3) is 0 Å². The second-order valence-corrected chi connectivity index (χ2v) is 7.65.